The molecule has 0 aromatic heterocycles. The van der Waals surface area contributed by atoms with Gasteiger partial charge in [-0.25, -0.2) is 0 Å². The molecule has 3 rings (SSSR count). The number of carbonyl (C=O) groups excluding carboxylic acids is 1. The van der Waals surface area contributed by atoms with Crippen molar-refractivity contribution >= 4 is 38.9 Å². The van der Waals surface area contributed by atoms with Crippen LogP contribution in [0.3, 0.4) is 0 Å². The second kappa shape index (κ2) is 6.85. The van der Waals surface area contributed by atoms with E-state index in [1.807, 2.05) is 44.2 Å². The second-order valence-corrected chi connectivity index (χ2v) is 7.14. The van der Waals surface area contributed by atoms with Crippen molar-refractivity contribution in [1.82, 2.24) is 0 Å². The van der Waals surface area contributed by atoms with Crippen LogP contribution in [0.1, 0.15) is 24.5 Å². The van der Waals surface area contributed by atoms with Crippen LogP contribution < -0.4 is 16.0 Å². The van der Waals surface area contributed by atoms with E-state index in [4.69, 9.17) is 5.73 Å². The topological polar surface area (TPSA) is 58.4 Å². The van der Waals surface area contributed by atoms with Crippen molar-refractivity contribution in [1.29, 1.82) is 0 Å². The van der Waals surface area contributed by atoms with Crippen molar-refractivity contribution in [3.05, 3.63) is 52.0 Å². The molecule has 0 radical (unpaired) electrons. The zero-order valence-electron chi connectivity index (χ0n) is 14.0. The van der Waals surface area contributed by atoms with Crippen LogP contribution in [0.4, 0.5) is 17.1 Å². The quantitative estimate of drug-likeness (QED) is 0.778. The number of anilines is 3. The normalized spacial score (nSPS) is 14.9. The summed E-state index contributed by atoms with van der Waals surface area (Å²) in [5.41, 5.74) is 11.1. The summed E-state index contributed by atoms with van der Waals surface area (Å²) in [7, 11) is 0. The summed E-state index contributed by atoms with van der Waals surface area (Å²) in [4.78, 5) is 14.9. The van der Waals surface area contributed by atoms with Gasteiger partial charge in [0, 0.05) is 22.4 Å². The highest BCUT2D eigenvalue weighted by atomic mass is 79.9. The van der Waals surface area contributed by atoms with E-state index in [0.717, 1.165) is 52.0 Å². The Morgan fingerprint density at radius 3 is 2.88 bits per heavy atom. The van der Waals surface area contributed by atoms with Gasteiger partial charge < -0.3 is 16.0 Å². The number of halogens is 1. The lowest BCUT2D eigenvalue weighted by Gasteiger charge is -2.36. The number of aryl methyl sites for hydroxylation is 1. The zero-order chi connectivity index (χ0) is 17.3. The maximum Gasteiger partial charge on any atom is 0.246 e. The van der Waals surface area contributed by atoms with Gasteiger partial charge in [0.2, 0.25) is 5.91 Å². The Bertz CT molecular complexity index is 775. The Labute approximate surface area is 151 Å². The van der Waals surface area contributed by atoms with Crippen molar-refractivity contribution < 1.29 is 4.79 Å². The molecule has 2 aromatic carbocycles. The van der Waals surface area contributed by atoms with Crippen LogP contribution in [-0.4, -0.2) is 18.5 Å². The molecule has 0 bridgehead atoms. The molecule has 1 atom stereocenters. The van der Waals surface area contributed by atoms with E-state index in [-0.39, 0.29) is 11.9 Å². The predicted molar refractivity (Wildman–Crippen MR) is 103 cm³/mol. The Hall–Kier alpha value is -2.01. The highest BCUT2D eigenvalue weighted by molar-refractivity contribution is 9.10. The minimum absolute atomic E-state index is 0.0187. The van der Waals surface area contributed by atoms with Gasteiger partial charge in [-0.15, -0.1) is 0 Å². The van der Waals surface area contributed by atoms with Crippen LogP contribution in [0.2, 0.25) is 0 Å². The van der Waals surface area contributed by atoms with Gasteiger partial charge >= 0.3 is 0 Å². The van der Waals surface area contributed by atoms with Gasteiger partial charge in [0.1, 0.15) is 6.04 Å². The maximum atomic E-state index is 12.7. The fourth-order valence-corrected chi connectivity index (χ4v) is 3.77. The number of amides is 1. The van der Waals surface area contributed by atoms with Crippen LogP contribution in [0, 0.1) is 6.92 Å². The molecular weight excluding hydrogens is 366 g/mol. The number of fused-ring (bicyclic) bond motifs is 1. The molecule has 126 valence electrons. The average Bonchev–Trinajstić information content (AvgIpc) is 2.56. The molecular formula is C19H22BrN3O. The molecule has 2 aromatic rings. The molecule has 0 saturated carbocycles. The summed E-state index contributed by atoms with van der Waals surface area (Å²) in [6.07, 6.45) is 1.98. The summed E-state index contributed by atoms with van der Waals surface area (Å²) >= 11 is 3.51. The highest BCUT2D eigenvalue weighted by Gasteiger charge is 2.27. The minimum Gasteiger partial charge on any atom is -0.398 e. The van der Waals surface area contributed by atoms with Crippen molar-refractivity contribution in [2.75, 3.05) is 22.5 Å². The smallest absolute Gasteiger partial charge is 0.246 e. The Balaban J connectivity index is 1.81. The molecule has 4 nitrogen and oxygen atoms in total. The summed E-state index contributed by atoms with van der Waals surface area (Å²) < 4.78 is 0.895. The lowest BCUT2D eigenvalue weighted by Crippen LogP contribution is -2.44. The third-order valence-corrected chi connectivity index (χ3v) is 5.21. The first-order valence-corrected chi connectivity index (χ1v) is 8.97. The number of benzene rings is 2. The largest absolute Gasteiger partial charge is 0.398 e. The maximum absolute atomic E-state index is 12.7. The number of hydrogen-bond donors (Lipinski definition) is 2. The third kappa shape index (κ3) is 3.26. The van der Waals surface area contributed by atoms with Crippen molar-refractivity contribution in [3.63, 3.8) is 0 Å². The van der Waals surface area contributed by atoms with Crippen LogP contribution in [0.25, 0.3) is 0 Å². The first-order chi connectivity index (χ1) is 11.5. The first-order valence-electron chi connectivity index (χ1n) is 8.18. The average molecular weight is 388 g/mol. The second-order valence-electron chi connectivity index (χ2n) is 6.29. The van der Waals surface area contributed by atoms with Gasteiger partial charge in [-0.3, -0.25) is 4.79 Å². The number of carbonyl (C=O) groups is 1. The molecule has 0 spiro atoms. The van der Waals surface area contributed by atoms with E-state index in [9.17, 15) is 4.79 Å². The van der Waals surface area contributed by atoms with Crippen molar-refractivity contribution in [2.45, 2.75) is 32.7 Å². The summed E-state index contributed by atoms with van der Waals surface area (Å²) in [6, 6.07) is 11.6. The number of nitrogens with one attached hydrogen (secondary N) is 1. The van der Waals surface area contributed by atoms with E-state index < -0.39 is 0 Å². The molecule has 5 heteroatoms. The van der Waals surface area contributed by atoms with Crippen LogP contribution in [0.15, 0.2) is 40.9 Å². The molecule has 1 unspecified atom stereocenters. The van der Waals surface area contributed by atoms with Gasteiger partial charge in [-0.2, -0.15) is 0 Å². The molecule has 0 fully saturated rings. The number of rotatable bonds is 3. The predicted octanol–water partition coefficient (Wildman–Crippen LogP) is 4.12. The van der Waals surface area contributed by atoms with Gasteiger partial charge in [0.25, 0.3) is 0 Å². The highest BCUT2D eigenvalue weighted by Crippen LogP contribution is 2.33. The number of hydrogen-bond acceptors (Lipinski definition) is 3. The van der Waals surface area contributed by atoms with Gasteiger partial charge in [-0.1, -0.05) is 12.1 Å². The molecule has 0 saturated heterocycles. The SMILES string of the molecule is Cc1ccc(NC(=O)C(C)N2CCCc3c(N)cccc32)c(Br)c1. The lowest BCUT2D eigenvalue weighted by atomic mass is 9.98. The van der Waals surface area contributed by atoms with Crippen molar-refractivity contribution in [3.8, 4) is 0 Å². The molecule has 3 N–H and O–H groups in total. The van der Waals surface area contributed by atoms with Gasteiger partial charge in [-0.05, 0) is 78.0 Å². The third-order valence-electron chi connectivity index (χ3n) is 4.55. The number of nitrogens with zero attached hydrogens (tertiary/aromatic N) is 1. The van der Waals surface area contributed by atoms with Crippen molar-refractivity contribution in [2.24, 2.45) is 0 Å². The van der Waals surface area contributed by atoms with Crippen LogP contribution >= 0.6 is 15.9 Å². The Kier molecular flexibility index (Phi) is 4.81. The number of nitrogens with two attached hydrogens (primary N) is 1. The molecule has 24 heavy (non-hydrogen) atoms. The molecule has 0 aliphatic carbocycles. The van der Waals surface area contributed by atoms with Gasteiger partial charge in [0.05, 0.1) is 5.69 Å². The first kappa shape index (κ1) is 16.8. The van der Waals surface area contributed by atoms with Crippen LogP contribution in [0.5, 0.6) is 0 Å². The van der Waals surface area contributed by atoms with E-state index in [2.05, 4.69) is 32.2 Å². The monoisotopic (exact) mass is 387 g/mol. The van der Waals surface area contributed by atoms with E-state index in [1.165, 1.54) is 0 Å². The van der Waals surface area contributed by atoms with E-state index in [1.54, 1.807) is 0 Å². The standard InChI is InChI=1S/C19H22BrN3O/c1-12-8-9-17(15(20)11-12)22-19(24)13(2)23-10-4-5-14-16(21)6-3-7-18(14)23/h3,6-9,11,13H,4-5,10,21H2,1-2H3,(H,22,24). The fraction of sp³-hybridized carbons (Fsp3) is 0.316. The fourth-order valence-electron chi connectivity index (χ4n) is 3.18. The van der Waals surface area contributed by atoms with E-state index >= 15 is 0 Å². The lowest BCUT2D eigenvalue weighted by molar-refractivity contribution is -0.117. The summed E-state index contributed by atoms with van der Waals surface area (Å²) in [6.45, 7) is 4.82. The molecule has 1 aliphatic heterocycles. The van der Waals surface area contributed by atoms with Gasteiger partial charge in [0.15, 0.2) is 0 Å². The summed E-state index contributed by atoms with van der Waals surface area (Å²) in [5.74, 6) is -0.0187. The van der Waals surface area contributed by atoms with Crippen LogP contribution in [-0.2, 0) is 11.2 Å². The molecule has 1 aliphatic rings. The van der Waals surface area contributed by atoms with E-state index in [0.29, 0.717) is 0 Å². The number of nitrogen functional groups attached to an aromatic ring is 1. The Morgan fingerprint density at radius 2 is 2.12 bits per heavy atom. The summed E-state index contributed by atoms with van der Waals surface area (Å²) in [5, 5.41) is 3.02. The Morgan fingerprint density at radius 1 is 1.33 bits per heavy atom. The molecule has 1 amide bonds. The zero-order valence-corrected chi connectivity index (χ0v) is 15.6. The molecule has 1 heterocycles. The minimum atomic E-state index is -0.265.